The Bertz CT molecular complexity index is 356. The van der Waals surface area contributed by atoms with Crippen LogP contribution in [0.25, 0.3) is 0 Å². The van der Waals surface area contributed by atoms with E-state index >= 15 is 0 Å². The van der Waals surface area contributed by atoms with Gasteiger partial charge in [-0.05, 0) is 47.8 Å². The van der Waals surface area contributed by atoms with Gasteiger partial charge in [-0.2, -0.15) is 0 Å². The van der Waals surface area contributed by atoms with Gasteiger partial charge in [-0.1, -0.05) is 75.7 Å². The summed E-state index contributed by atoms with van der Waals surface area (Å²) < 4.78 is 0. The van der Waals surface area contributed by atoms with Crippen LogP contribution in [0.1, 0.15) is 101 Å². The average molecular weight is 327 g/mol. The summed E-state index contributed by atoms with van der Waals surface area (Å²) in [6, 6.07) is 0. The van der Waals surface area contributed by atoms with Gasteiger partial charge in [-0.25, -0.2) is 9.78 Å². The molecular weight excluding hydrogens is 284 g/mol. The summed E-state index contributed by atoms with van der Waals surface area (Å²) in [6.07, 6.45) is 5.82. The summed E-state index contributed by atoms with van der Waals surface area (Å²) in [4.78, 5) is 12.5. The molecule has 0 heterocycles. The Morgan fingerprint density at radius 2 is 1.48 bits per heavy atom. The second kappa shape index (κ2) is 7.04. The molecule has 0 spiro atoms. The van der Waals surface area contributed by atoms with Crippen LogP contribution in [-0.4, -0.2) is 11.7 Å². The van der Waals surface area contributed by atoms with E-state index in [1.165, 1.54) is 6.42 Å². The fourth-order valence-electron chi connectivity index (χ4n) is 5.00. The molecule has 1 aliphatic carbocycles. The summed E-state index contributed by atoms with van der Waals surface area (Å²) in [5, 5.41) is 0. The molecule has 0 radical (unpaired) electrons. The van der Waals surface area contributed by atoms with E-state index in [1.54, 1.807) is 0 Å². The SMILES string of the molecule is CCCC(OOC1CC(C)CC(C)(C)C1)(C(C)(C)C)C(C)(C)C. The molecule has 1 aliphatic rings. The van der Waals surface area contributed by atoms with E-state index in [1.807, 2.05) is 0 Å². The van der Waals surface area contributed by atoms with Crippen molar-refractivity contribution in [3.63, 3.8) is 0 Å². The Kier molecular flexibility index (Phi) is 6.41. The highest BCUT2D eigenvalue weighted by atomic mass is 17.2. The molecule has 0 N–H and O–H groups in total. The molecule has 0 saturated heterocycles. The zero-order chi connectivity index (χ0) is 18.1. The first-order valence-electron chi connectivity index (χ1n) is 9.58. The molecule has 0 aromatic carbocycles. The first-order chi connectivity index (χ1) is 10.2. The average Bonchev–Trinajstić information content (AvgIpc) is 2.28. The smallest absolute Gasteiger partial charge is 0.113 e. The van der Waals surface area contributed by atoms with Crippen LogP contribution in [0.4, 0.5) is 0 Å². The van der Waals surface area contributed by atoms with Gasteiger partial charge in [0.2, 0.25) is 0 Å². The van der Waals surface area contributed by atoms with E-state index in [4.69, 9.17) is 9.78 Å². The highest BCUT2D eigenvalue weighted by molar-refractivity contribution is 5.00. The normalized spacial score (nSPS) is 26.3. The number of hydrogen-bond acceptors (Lipinski definition) is 2. The molecule has 2 unspecified atom stereocenters. The van der Waals surface area contributed by atoms with Crippen molar-refractivity contribution in [1.82, 2.24) is 0 Å². The van der Waals surface area contributed by atoms with Gasteiger partial charge in [0.25, 0.3) is 0 Å². The summed E-state index contributed by atoms with van der Waals surface area (Å²) in [6.45, 7) is 23.0. The van der Waals surface area contributed by atoms with Crippen molar-refractivity contribution in [3.8, 4) is 0 Å². The molecule has 1 rings (SSSR count). The minimum Gasteiger partial charge on any atom is -0.233 e. The Morgan fingerprint density at radius 3 is 1.87 bits per heavy atom. The largest absolute Gasteiger partial charge is 0.233 e. The first kappa shape index (κ1) is 21.0. The van der Waals surface area contributed by atoms with Gasteiger partial charge in [0.1, 0.15) is 5.60 Å². The van der Waals surface area contributed by atoms with Crippen molar-refractivity contribution >= 4 is 0 Å². The van der Waals surface area contributed by atoms with Crippen molar-refractivity contribution < 1.29 is 9.78 Å². The van der Waals surface area contributed by atoms with Gasteiger partial charge in [0.15, 0.2) is 0 Å². The second-order valence-corrected chi connectivity index (χ2v) is 10.8. The quantitative estimate of drug-likeness (QED) is 0.409. The van der Waals surface area contributed by atoms with Gasteiger partial charge < -0.3 is 0 Å². The van der Waals surface area contributed by atoms with Crippen molar-refractivity contribution in [2.24, 2.45) is 22.2 Å². The Labute approximate surface area is 145 Å². The monoisotopic (exact) mass is 326 g/mol. The van der Waals surface area contributed by atoms with Crippen molar-refractivity contribution in [2.75, 3.05) is 0 Å². The van der Waals surface area contributed by atoms with E-state index in [2.05, 4.69) is 69.2 Å². The highest BCUT2D eigenvalue weighted by Gasteiger charge is 2.53. The van der Waals surface area contributed by atoms with Crippen LogP contribution in [0.15, 0.2) is 0 Å². The molecule has 0 amide bonds. The van der Waals surface area contributed by atoms with E-state index in [0.717, 1.165) is 25.7 Å². The van der Waals surface area contributed by atoms with E-state index in [-0.39, 0.29) is 22.5 Å². The van der Waals surface area contributed by atoms with E-state index in [0.29, 0.717) is 11.3 Å². The van der Waals surface area contributed by atoms with Crippen LogP contribution >= 0.6 is 0 Å². The molecule has 2 nitrogen and oxygen atoms in total. The minimum absolute atomic E-state index is 0.0249. The molecule has 23 heavy (non-hydrogen) atoms. The van der Waals surface area contributed by atoms with Crippen LogP contribution < -0.4 is 0 Å². The Balaban J connectivity index is 2.94. The lowest BCUT2D eigenvalue weighted by atomic mass is 9.61. The first-order valence-corrected chi connectivity index (χ1v) is 9.58. The molecule has 1 fully saturated rings. The molecule has 2 heteroatoms. The van der Waals surface area contributed by atoms with E-state index < -0.39 is 0 Å². The van der Waals surface area contributed by atoms with Gasteiger partial charge in [-0.3, -0.25) is 0 Å². The zero-order valence-corrected chi connectivity index (χ0v) is 17.5. The molecule has 2 atom stereocenters. The molecule has 138 valence electrons. The maximum absolute atomic E-state index is 6.38. The van der Waals surface area contributed by atoms with Crippen molar-refractivity contribution in [3.05, 3.63) is 0 Å². The highest BCUT2D eigenvalue weighted by Crippen LogP contribution is 2.51. The van der Waals surface area contributed by atoms with Crippen LogP contribution in [0.2, 0.25) is 0 Å². The molecular formula is C21H42O2. The van der Waals surface area contributed by atoms with Crippen molar-refractivity contribution in [1.29, 1.82) is 0 Å². The summed E-state index contributed by atoms with van der Waals surface area (Å²) in [5.41, 5.74) is 0.121. The van der Waals surface area contributed by atoms with Gasteiger partial charge >= 0.3 is 0 Å². The Hall–Kier alpha value is -0.0800. The number of rotatable bonds is 5. The second-order valence-electron chi connectivity index (χ2n) is 10.8. The van der Waals surface area contributed by atoms with Crippen LogP contribution in [0, 0.1) is 22.2 Å². The predicted octanol–water partition coefficient (Wildman–Crippen LogP) is 6.78. The molecule has 0 bridgehead atoms. The summed E-state index contributed by atoms with van der Waals surface area (Å²) in [5.74, 6) is 0.706. The van der Waals surface area contributed by atoms with E-state index in [9.17, 15) is 0 Å². The van der Waals surface area contributed by atoms with Gasteiger partial charge in [0.05, 0.1) is 6.10 Å². The third-order valence-electron chi connectivity index (χ3n) is 5.70. The maximum Gasteiger partial charge on any atom is 0.113 e. The maximum atomic E-state index is 6.38. The van der Waals surface area contributed by atoms with Crippen LogP contribution in [0.3, 0.4) is 0 Å². The fourth-order valence-corrected chi connectivity index (χ4v) is 5.00. The molecule has 0 aromatic heterocycles. The lowest BCUT2D eigenvalue weighted by Crippen LogP contribution is -2.55. The molecule has 1 saturated carbocycles. The predicted molar refractivity (Wildman–Crippen MR) is 99.3 cm³/mol. The lowest BCUT2D eigenvalue weighted by Gasteiger charge is -2.52. The Morgan fingerprint density at radius 1 is 0.957 bits per heavy atom. The standard InChI is InChI=1S/C21H42O2/c1-11-12-21(18(3,4)5,19(6,7)8)23-22-17-13-16(2)14-20(9,10)15-17/h16-17H,11-15H2,1-10H3. The summed E-state index contributed by atoms with van der Waals surface area (Å²) >= 11 is 0. The zero-order valence-electron chi connectivity index (χ0n) is 17.5. The minimum atomic E-state index is -0.278. The van der Waals surface area contributed by atoms with Gasteiger partial charge in [0, 0.05) is 0 Å². The third-order valence-corrected chi connectivity index (χ3v) is 5.70. The molecule has 0 aliphatic heterocycles. The lowest BCUT2D eigenvalue weighted by molar-refractivity contribution is -0.431. The number of hydrogen-bond donors (Lipinski definition) is 0. The van der Waals surface area contributed by atoms with Crippen molar-refractivity contribution in [2.45, 2.75) is 113 Å². The van der Waals surface area contributed by atoms with Crippen LogP contribution in [-0.2, 0) is 9.78 Å². The fraction of sp³-hybridized carbons (Fsp3) is 1.00. The third kappa shape index (κ3) is 4.95. The van der Waals surface area contributed by atoms with Gasteiger partial charge in [-0.15, -0.1) is 0 Å². The summed E-state index contributed by atoms with van der Waals surface area (Å²) in [7, 11) is 0. The topological polar surface area (TPSA) is 18.5 Å². The van der Waals surface area contributed by atoms with Crippen LogP contribution in [0.5, 0.6) is 0 Å². The molecule has 0 aromatic rings.